The number of hydrogen-bond acceptors (Lipinski definition) is 6. The van der Waals surface area contributed by atoms with Crippen LogP contribution in [0.2, 0.25) is 0 Å². The molecule has 1 aromatic carbocycles. The van der Waals surface area contributed by atoms with Crippen molar-refractivity contribution in [3.8, 4) is 11.5 Å². The van der Waals surface area contributed by atoms with Crippen molar-refractivity contribution in [2.24, 2.45) is 5.92 Å². The summed E-state index contributed by atoms with van der Waals surface area (Å²) in [5, 5.41) is 2.91. The van der Waals surface area contributed by atoms with Crippen LogP contribution in [-0.2, 0) is 24.5 Å². The Morgan fingerprint density at radius 2 is 2.12 bits per heavy atom. The molecule has 0 bridgehead atoms. The summed E-state index contributed by atoms with van der Waals surface area (Å²) >= 11 is 0. The molecule has 2 aliphatic heterocycles. The van der Waals surface area contributed by atoms with Crippen molar-refractivity contribution in [3.05, 3.63) is 23.8 Å². The molecule has 3 atom stereocenters. The third-order valence-corrected chi connectivity index (χ3v) is 5.35. The zero-order valence-electron chi connectivity index (χ0n) is 13.9. The first kappa shape index (κ1) is 15.9. The Morgan fingerprint density at radius 3 is 2.92 bits per heavy atom. The number of carbonyl (C=O) groups is 3. The van der Waals surface area contributed by atoms with Crippen LogP contribution in [0.5, 0.6) is 11.5 Å². The van der Waals surface area contributed by atoms with E-state index in [9.17, 15) is 14.4 Å². The van der Waals surface area contributed by atoms with Crippen LogP contribution in [0.15, 0.2) is 18.2 Å². The number of fused-ring (bicyclic) bond motifs is 2. The van der Waals surface area contributed by atoms with Gasteiger partial charge in [0.1, 0.15) is 11.7 Å². The lowest BCUT2D eigenvalue weighted by atomic mass is 9.61. The standard InChI is InChI=1S/C18H19NO6/c1-2-23-17(22)15-16(21)19-14-6-4-11(20)8-18(14,15)10-3-5-12-13(7-10)25-9-24-12/h3,5,7,14-15H,2,4,6,8-9H2,1H3,(H,19,21)/t14-,15-,18-/m1/s1. The minimum absolute atomic E-state index is 0.0414. The summed E-state index contributed by atoms with van der Waals surface area (Å²) in [4.78, 5) is 37.5. The van der Waals surface area contributed by atoms with Gasteiger partial charge in [-0.1, -0.05) is 6.07 Å². The monoisotopic (exact) mass is 345 g/mol. The Balaban J connectivity index is 1.85. The lowest BCUT2D eigenvalue weighted by Gasteiger charge is -2.40. The molecule has 1 amide bonds. The molecular formula is C18H19NO6. The van der Waals surface area contributed by atoms with Crippen molar-refractivity contribution in [1.29, 1.82) is 0 Å². The molecule has 3 aliphatic rings. The summed E-state index contributed by atoms with van der Waals surface area (Å²) in [6.07, 6.45) is 1.03. The maximum atomic E-state index is 12.6. The molecule has 25 heavy (non-hydrogen) atoms. The number of Topliss-reactive ketones (excluding diaryl/α,β-unsaturated/α-hetero) is 1. The van der Waals surface area contributed by atoms with Gasteiger partial charge in [-0.15, -0.1) is 0 Å². The van der Waals surface area contributed by atoms with Gasteiger partial charge in [-0.05, 0) is 31.0 Å². The highest BCUT2D eigenvalue weighted by molar-refractivity contribution is 6.03. The zero-order valence-corrected chi connectivity index (χ0v) is 13.9. The maximum absolute atomic E-state index is 12.6. The van der Waals surface area contributed by atoms with Gasteiger partial charge < -0.3 is 19.5 Å². The molecule has 7 nitrogen and oxygen atoms in total. The molecule has 0 aromatic heterocycles. The van der Waals surface area contributed by atoms with E-state index in [0.717, 1.165) is 5.56 Å². The van der Waals surface area contributed by atoms with Gasteiger partial charge in [0.15, 0.2) is 11.5 Å². The molecular weight excluding hydrogens is 326 g/mol. The molecule has 0 spiro atoms. The first-order valence-corrected chi connectivity index (χ1v) is 8.45. The molecule has 2 heterocycles. The minimum Gasteiger partial charge on any atom is -0.465 e. The molecule has 1 saturated heterocycles. The summed E-state index contributed by atoms with van der Waals surface area (Å²) in [6, 6.07) is 5.06. The van der Waals surface area contributed by atoms with E-state index in [1.165, 1.54) is 0 Å². The SMILES string of the molecule is CCOC(=O)[C@H]1C(=O)N[C@@H]2CCC(=O)C[C@]12c1ccc2c(c1)OCO2. The van der Waals surface area contributed by atoms with Crippen LogP contribution in [0.1, 0.15) is 31.7 Å². The van der Waals surface area contributed by atoms with Gasteiger partial charge in [0.2, 0.25) is 12.7 Å². The molecule has 0 radical (unpaired) electrons. The first-order valence-electron chi connectivity index (χ1n) is 8.45. The lowest BCUT2D eigenvalue weighted by molar-refractivity contribution is -0.153. The fourth-order valence-electron chi connectivity index (χ4n) is 4.29. The first-order chi connectivity index (χ1) is 12.1. The van der Waals surface area contributed by atoms with Crippen molar-refractivity contribution in [1.82, 2.24) is 5.32 Å². The van der Waals surface area contributed by atoms with Crippen molar-refractivity contribution < 1.29 is 28.6 Å². The molecule has 7 heteroatoms. The summed E-state index contributed by atoms with van der Waals surface area (Å²) in [5.74, 6) is -0.790. The minimum atomic E-state index is -1.04. The van der Waals surface area contributed by atoms with Gasteiger partial charge >= 0.3 is 5.97 Å². The highest BCUT2D eigenvalue weighted by Gasteiger charge is 2.62. The number of esters is 1. The van der Waals surface area contributed by atoms with Crippen LogP contribution in [0.4, 0.5) is 0 Å². The number of nitrogens with one attached hydrogen (secondary N) is 1. The van der Waals surface area contributed by atoms with Gasteiger partial charge in [-0.25, -0.2) is 0 Å². The number of rotatable bonds is 3. The summed E-state index contributed by atoms with van der Waals surface area (Å²) in [5.41, 5.74) is -0.217. The molecule has 2 fully saturated rings. The smallest absolute Gasteiger partial charge is 0.319 e. The maximum Gasteiger partial charge on any atom is 0.319 e. The van der Waals surface area contributed by atoms with E-state index >= 15 is 0 Å². The summed E-state index contributed by atoms with van der Waals surface area (Å²) in [6.45, 7) is 2.01. The number of amides is 1. The third-order valence-electron chi connectivity index (χ3n) is 5.35. The number of carbonyl (C=O) groups excluding carboxylic acids is 3. The Morgan fingerprint density at radius 1 is 1.32 bits per heavy atom. The van der Waals surface area contributed by atoms with Crippen LogP contribution < -0.4 is 14.8 Å². The number of ketones is 1. The second kappa shape index (κ2) is 5.75. The van der Waals surface area contributed by atoms with Gasteiger partial charge in [-0.2, -0.15) is 0 Å². The van der Waals surface area contributed by atoms with Crippen LogP contribution in [0.25, 0.3) is 0 Å². The molecule has 132 valence electrons. The Bertz CT molecular complexity index is 760. The van der Waals surface area contributed by atoms with E-state index in [1.54, 1.807) is 19.1 Å². The van der Waals surface area contributed by atoms with Gasteiger partial charge in [-0.3, -0.25) is 14.4 Å². The largest absolute Gasteiger partial charge is 0.465 e. The van der Waals surface area contributed by atoms with Gasteiger partial charge in [0, 0.05) is 24.3 Å². The second-order valence-corrected chi connectivity index (χ2v) is 6.61. The van der Waals surface area contributed by atoms with E-state index in [1.807, 2.05) is 6.07 Å². The molecule has 1 N–H and O–H groups in total. The van der Waals surface area contributed by atoms with Gasteiger partial charge in [0.25, 0.3) is 0 Å². The number of benzene rings is 1. The predicted molar refractivity (Wildman–Crippen MR) is 85.2 cm³/mol. The molecule has 1 aliphatic carbocycles. The fraction of sp³-hybridized carbons (Fsp3) is 0.500. The Hall–Kier alpha value is -2.57. The van der Waals surface area contributed by atoms with Crippen LogP contribution in [0.3, 0.4) is 0 Å². The van der Waals surface area contributed by atoms with E-state index in [2.05, 4.69) is 5.32 Å². The number of hydrogen-bond donors (Lipinski definition) is 1. The molecule has 4 rings (SSSR count). The van der Waals surface area contributed by atoms with Gasteiger partial charge in [0.05, 0.1) is 6.61 Å². The van der Waals surface area contributed by atoms with Crippen molar-refractivity contribution in [3.63, 3.8) is 0 Å². The number of ether oxygens (including phenoxy) is 3. The van der Waals surface area contributed by atoms with E-state index in [0.29, 0.717) is 24.3 Å². The van der Waals surface area contributed by atoms with Crippen LogP contribution >= 0.6 is 0 Å². The van der Waals surface area contributed by atoms with Crippen molar-refractivity contribution in [2.75, 3.05) is 13.4 Å². The molecule has 0 unspecified atom stereocenters. The predicted octanol–water partition coefficient (Wildman–Crippen LogP) is 1.08. The van der Waals surface area contributed by atoms with E-state index < -0.39 is 17.3 Å². The van der Waals surface area contributed by atoms with Crippen molar-refractivity contribution >= 4 is 17.7 Å². The second-order valence-electron chi connectivity index (χ2n) is 6.61. The van der Waals surface area contributed by atoms with E-state index in [4.69, 9.17) is 14.2 Å². The summed E-state index contributed by atoms with van der Waals surface area (Å²) in [7, 11) is 0. The highest BCUT2D eigenvalue weighted by atomic mass is 16.7. The third kappa shape index (κ3) is 2.29. The lowest BCUT2D eigenvalue weighted by Crippen LogP contribution is -2.50. The van der Waals surface area contributed by atoms with Crippen molar-refractivity contribution in [2.45, 2.75) is 37.6 Å². The molecule has 1 saturated carbocycles. The topological polar surface area (TPSA) is 90.9 Å². The zero-order chi connectivity index (χ0) is 17.6. The average molecular weight is 345 g/mol. The van der Waals surface area contributed by atoms with Crippen LogP contribution in [0, 0.1) is 5.92 Å². The Labute approximate surface area is 144 Å². The highest BCUT2D eigenvalue weighted by Crippen LogP contribution is 2.50. The molecule has 1 aromatic rings. The quantitative estimate of drug-likeness (QED) is 0.651. The fourth-order valence-corrected chi connectivity index (χ4v) is 4.29. The van der Waals surface area contributed by atoms with Crippen LogP contribution in [-0.4, -0.2) is 37.1 Å². The Kier molecular flexibility index (Phi) is 3.67. The summed E-state index contributed by atoms with van der Waals surface area (Å²) < 4.78 is 15.9. The van der Waals surface area contributed by atoms with E-state index in [-0.39, 0.29) is 37.6 Å². The normalized spacial score (nSPS) is 30.0. The average Bonchev–Trinajstić information content (AvgIpc) is 3.15.